The molecule has 0 spiro atoms. The van der Waals surface area contributed by atoms with Crippen molar-refractivity contribution in [3.8, 4) is 0 Å². The van der Waals surface area contributed by atoms with Crippen molar-refractivity contribution < 1.29 is 33.8 Å². The van der Waals surface area contributed by atoms with Crippen LogP contribution in [0.4, 0.5) is 0 Å². The molecule has 0 saturated heterocycles. The molecule has 0 radical (unpaired) electrons. The summed E-state index contributed by atoms with van der Waals surface area (Å²) in [4.78, 5) is 57.7. The number of carbonyl (C=O) groups excluding carboxylic acids is 4. The van der Waals surface area contributed by atoms with Crippen LogP contribution in [0.5, 0.6) is 0 Å². The molecule has 0 heterocycles. The van der Waals surface area contributed by atoms with Gasteiger partial charge in [0.1, 0.15) is 18.1 Å². The van der Waals surface area contributed by atoms with Crippen LogP contribution >= 0.6 is 0 Å². The van der Waals surface area contributed by atoms with Crippen molar-refractivity contribution in [3.63, 3.8) is 0 Å². The number of amides is 3. The normalized spacial score (nSPS) is 15.1. The van der Waals surface area contributed by atoms with Gasteiger partial charge in [0.25, 0.3) is 0 Å². The largest absolute Gasteiger partial charge is 0.481 e. The molecule has 0 aromatic rings. The number of aliphatic carboxylic acids is 1. The minimum atomic E-state index is -1.40. The molecule has 4 atom stereocenters. The maximum atomic E-state index is 12.1. The number of nitrogens with two attached hydrogens (primary N) is 1. The SMILES string of the molecule is COC(=O)[C@H](C)NC(=O)[C@@H](C)NC(=O)[C@H](CC(=O)O)NC(=O)[C@@H](C)N. The van der Waals surface area contributed by atoms with Crippen molar-refractivity contribution in [2.45, 2.75) is 51.4 Å². The summed E-state index contributed by atoms with van der Waals surface area (Å²) >= 11 is 0. The molecular formula is C14H24N4O7. The zero-order valence-corrected chi connectivity index (χ0v) is 14.5. The predicted molar refractivity (Wildman–Crippen MR) is 85.1 cm³/mol. The van der Waals surface area contributed by atoms with Crippen LogP contribution < -0.4 is 21.7 Å². The van der Waals surface area contributed by atoms with E-state index in [0.717, 1.165) is 7.11 Å². The lowest BCUT2D eigenvalue weighted by atomic mass is 10.1. The third-order valence-corrected chi connectivity index (χ3v) is 3.09. The number of carboxylic acids is 1. The number of ether oxygens (including phenoxy) is 1. The van der Waals surface area contributed by atoms with Gasteiger partial charge in [-0.05, 0) is 20.8 Å². The zero-order valence-electron chi connectivity index (χ0n) is 14.5. The van der Waals surface area contributed by atoms with Crippen LogP contribution in [0.2, 0.25) is 0 Å². The second-order valence-electron chi connectivity index (χ2n) is 5.43. The summed E-state index contributed by atoms with van der Waals surface area (Å²) in [7, 11) is 1.16. The molecule has 3 amide bonds. The third kappa shape index (κ3) is 8.11. The highest BCUT2D eigenvalue weighted by Crippen LogP contribution is 1.97. The van der Waals surface area contributed by atoms with E-state index in [-0.39, 0.29) is 0 Å². The Hall–Kier alpha value is -2.69. The van der Waals surface area contributed by atoms with Crippen LogP contribution in [0.3, 0.4) is 0 Å². The average molecular weight is 360 g/mol. The molecule has 6 N–H and O–H groups in total. The highest BCUT2D eigenvalue weighted by molar-refractivity contribution is 5.95. The molecule has 0 fully saturated rings. The average Bonchev–Trinajstić information content (AvgIpc) is 2.52. The minimum Gasteiger partial charge on any atom is -0.481 e. The van der Waals surface area contributed by atoms with E-state index in [2.05, 4.69) is 20.7 Å². The summed E-state index contributed by atoms with van der Waals surface area (Å²) in [6.45, 7) is 4.10. The minimum absolute atomic E-state index is 0.667. The third-order valence-electron chi connectivity index (χ3n) is 3.09. The predicted octanol–water partition coefficient (Wildman–Crippen LogP) is -2.52. The molecule has 0 aliphatic carbocycles. The van der Waals surface area contributed by atoms with E-state index >= 15 is 0 Å². The summed E-state index contributed by atoms with van der Waals surface area (Å²) in [5.74, 6) is -4.25. The van der Waals surface area contributed by atoms with Gasteiger partial charge in [-0.2, -0.15) is 0 Å². The van der Waals surface area contributed by atoms with Crippen LogP contribution in [0.1, 0.15) is 27.2 Å². The van der Waals surface area contributed by atoms with Crippen LogP contribution in [0.15, 0.2) is 0 Å². The van der Waals surface area contributed by atoms with E-state index in [1.807, 2.05) is 0 Å². The summed E-state index contributed by atoms with van der Waals surface area (Å²) in [6.07, 6.45) is -0.683. The van der Waals surface area contributed by atoms with E-state index in [1.165, 1.54) is 20.8 Å². The molecular weight excluding hydrogens is 336 g/mol. The second-order valence-corrected chi connectivity index (χ2v) is 5.43. The van der Waals surface area contributed by atoms with Crippen molar-refractivity contribution in [1.82, 2.24) is 16.0 Å². The first-order chi connectivity index (χ1) is 11.5. The number of esters is 1. The fraction of sp³-hybridized carbons (Fsp3) is 0.643. The summed E-state index contributed by atoms with van der Waals surface area (Å²) < 4.78 is 4.46. The Balaban J connectivity index is 4.85. The van der Waals surface area contributed by atoms with E-state index in [1.54, 1.807) is 0 Å². The monoisotopic (exact) mass is 360 g/mol. The van der Waals surface area contributed by atoms with Crippen molar-refractivity contribution in [3.05, 3.63) is 0 Å². The summed E-state index contributed by atoms with van der Waals surface area (Å²) in [5, 5.41) is 15.6. The van der Waals surface area contributed by atoms with E-state index in [9.17, 15) is 24.0 Å². The lowest BCUT2D eigenvalue weighted by Gasteiger charge is -2.21. The topological polar surface area (TPSA) is 177 Å². The van der Waals surface area contributed by atoms with Gasteiger partial charge in [0, 0.05) is 0 Å². The smallest absolute Gasteiger partial charge is 0.328 e. The number of carboxylic acid groups (broad SMARTS) is 1. The molecule has 25 heavy (non-hydrogen) atoms. The van der Waals surface area contributed by atoms with Crippen LogP contribution in [-0.2, 0) is 28.7 Å². The van der Waals surface area contributed by atoms with Crippen LogP contribution in [0, 0.1) is 0 Å². The molecule has 11 nitrogen and oxygen atoms in total. The first kappa shape index (κ1) is 22.3. The maximum absolute atomic E-state index is 12.1. The molecule has 0 aliphatic heterocycles. The lowest BCUT2D eigenvalue weighted by molar-refractivity contribution is -0.145. The van der Waals surface area contributed by atoms with Gasteiger partial charge in [0.05, 0.1) is 19.6 Å². The van der Waals surface area contributed by atoms with Crippen molar-refractivity contribution in [2.24, 2.45) is 5.73 Å². The molecule has 0 aliphatic rings. The molecule has 0 rings (SSSR count). The van der Waals surface area contributed by atoms with Crippen LogP contribution in [-0.4, -0.2) is 66.0 Å². The fourth-order valence-electron chi connectivity index (χ4n) is 1.64. The molecule has 142 valence electrons. The molecule has 0 aromatic heterocycles. The van der Waals surface area contributed by atoms with Gasteiger partial charge >= 0.3 is 11.9 Å². The highest BCUT2D eigenvalue weighted by Gasteiger charge is 2.28. The number of nitrogens with one attached hydrogen (secondary N) is 3. The second kappa shape index (κ2) is 10.2. The van der Waals surface area contributed by atoms with Crippen molar-refractivity contribution in [1.29, 1.82) is 0 Å². The van der Waals surface area contributed by atoms with Gasteiger partial charge in [0.2, 0.25) is 17.7 Å². The molecule has 0 saturated carbocycles. The lowest BCUT2D eigenvalue weighted by Crippen LogP contribution is -2.56. The Morgan fingerprint density at radius 1 is 0.920 bits per heavy atom. The van der Waals surface area contributed by atoms with Crippen molar-refractivity contribution in [2.75, 3.05) is 7.11 Å². The van der Waals surface area contributed by atoms with Gasteiger partial charge in [-0.15, -0.1) is 0 Å². The Morgan fingerprint density at radius 2 is 1.44 bits per heavy atom. The number of hydrogen-bond acceptors (Lipinski definition) is 7. The van der Waals surface area contributed by atoms with Crippen molar-refractivity contribution >= 4 is 29.7 Å². The first-order valence-electron chi connectivity index (χ1n) is 7.45. The van der Waals surface area contributed by atoms with Gasteiger partial charge in [-0.25, -0.2) is 4.79 Å². The quantitative estimate of drug-likeness (QED) is 0.280. The Bertz CT molecular complexity index is 535. The number of carbonyl (C=O) groups is 5. The van der Waals surface area contributed by atoms with Gasteiger partial charge in [0.15, 0.2) is 0 Å². The zero-order chi connectivity index (χ0) is 19.7. The number of rotatable bonds is 9. The molecule has 11 heteroatoms. The maximum Gasteiger partial charge on any atom is 0.328 e. The van der Waals surface area contributed by atoms with E-state index in [4.69, 9.17) is 10.8 Å². The summed E-state index contributed by atoms with van der Waals surface area (Å²) in [5.41, 5.74) is 5.36. The van der Waals surface area contributed by atoms with Gasteiger partial charge in [-0.1, -0.05) is 0 Å². The first-order valence-corrected chi connectivity index (χ1v) is 7.45. The highest BCUT2D eigenvalue weighted by atomic mass is 16.5. The number of methoxy groups -OCH3 is 1. The number of hydrogen-bond donors (Lipinski definition) is 5. The Morgan fingerprint density at radius 3 is 1.88 bits per heavy atom. The Labute approximate surface area is 144 Å². The van der Waals surface area contributed by atoms with E-state index < -0.39 is 60.2 Å². The molecule has 0 bridgehead atoms. The van der Waals surface area contributed by atoms with Crippen LogP contribution in [0.25, 0.3) is 0 Å². The van der Waals surface area contributed by atoms with Gasteiger partial charge < -0.3 is 31.5 Å². The fourth-order valence-corrected chi connectivity index (χ4v) is 1.64. The van der Waals surface area contributed by atoms with E-state index in [0.29, 0.717) is 0 Å². The van der Waals surface area contributed by atoms with Gasteiger partial charge in [-0.3, -0.25) is 19.2 Å². The Kier molecular flexibility index (Phi) is 9.13. The molecule has 0 unspecified atom stereocenters. The molecule has 0 aromatic carbocycles. The standard InChI is InChI=1S/C14H24N4O7/c1-6(15)11(21)18-9(5-10(19)20)13(23)16-7(2)12(22)17-8(3)14(24)25-4/h6-9H,5,15H2,1-4H3,(H,16,23)(H,17,22)(H,18,21)(H,19,20)/t6-,7-,8+,9+/m1/s1. The summed E-state index contributed by atoms with van der Waals surface area (Å²) in [6, 6.07) is -4.34.